The zero-order valence-corrected chi connectivity index (χ0v) is 41.8. The second-order valence-corrected chi connectivity index (χ2v) is 30.8. The van der Waals surface area contributed by atoms with Crippen molar-refractivity contribution in [2.75, 3.05) is 0 Å². The summed E-state index contributed by atoms with van der Waals surface area (Å²) in [4.78, 5) is 0. The van der Waals surface area contributed by atoms with Crippen LogP contribution in [-0.4, -0.2) is 16.1 Å². The molecule has 0 aliphatic rings. The molecule has 0 N–H and O–H groups in total. The third-order valence-corrected chi connectivity index (χ3v) is 18.7. The van der Waals surface area contributed by atoms with Crippen molar-refractivity contribution < 1.29 is 0 Å². The molecule has 0 saturated carbocycles. The summed E-state index contributed by atoms with van der Waals surface area (Å²) in [5, 5.41) is 16.1. The number of hydrogen-bond donors (Lipinski definition) is 0. The van der Waals surface area contributed by atoms with Crippen molar-refractivity contribution in [3.63, 3.8) is 0 Å². The van der Waals surface area contributed by atoms with E-state index < -0.39 is 16.1 Å². The van der Waals surface area contributed by atoms with Crippen LogP contribution in [0.1, 0.15) is 0 Å². The SMILES string of the molecule is C[Si](C)(C)c1ccc(-c2cc(-c3ccccc3-c3ccccc3)c3ccc4c(-c5ccc([Si](C)(C)C)c6ccccc56)cc(-c5ccccc5-c5ccccc5)c5ccc2c3c54)c2ccccc12. The van der Waals surface area contributed by atoms with Crippen molar-refractivity contribution >= 4 is 80.4 Å². The van der Waals surface area contributed by atoms with Crippen LogP contribution in [0.25, 0.3) is 121 Å². The first-order chi connectivity index (χ1) is 33.0. The van der Waals surface area contributed by atoms with E-state index >= 15 is 0 Å². The van der Waals surface area contributed by atoms with Gasteiger partial charge in [-0.25, -0.2) is 0 Å². The Balaban J connectivity index is 1.28. The highest BCUT2D eigenvalue weighted by Crippen LogP contribution is 2.51. The van der Waals surface area contributed by atoms with Gasteiger partial charge >= 0.3 is 0 Å². The molecule has 326 valence electrons. The Bertz CT molecular complexity index is 3650. The normalized spacial score (nSPS) is 12.3. The summed E-state index contributed by atoms with van der Waals surface area (Å²) in [6.07, 6.45) is 0. The fourth-order valence-electron chi connectivity index (χ4n) is 11.4. The van der Waals surface area contributed by atoms with Crippen LogP contribution in [0.5, 0.6) is 0 Å². The molecule has 0 bridgehead atoms. The highest BCUT2D eigenvalue weighted by atomic mass is 28.3. The third-order valence-electron chi connectivity index (χ3n) is 14.5. The number of benzene rings is 12. The lowest BCUT2D eigenvalue weighted by atomic mass is 9.80. The molecule has 12 rings (SSSR count). The molecule has 0 nitrogen and oxygen atoms in total. The molecule has 0 atom stereocenters. The van der Waals surface area contributed by atoms with Crippen molar-refractivity contribution in [2.24, 2.45) is 0 Å². The number of hydrogen-bond acceptors (Lipinski definition) is 0. The maximum Gasteiger partial charge on any atom is 0.0784 e. The van der Waals surface area contributed by atoms with Gasteiger partial charge in [0.2, 0.25) is 0 Å². The predicted octanol–water partition coefficient (Wildman–Crippen LogP) is 18.0. The van der Waals surface area contributed by atoms with Gasteiger partial charge < -0.3 is 0 Å². The summed E-state index contributed by atoms with van der Waals surface area (Å²) < 4.78 is 0. The fraction of sp³-hybridized carbons (Fsp3) is 0.0909. The van der Waals surface area contributed by atoms with Crippen LogP contribution in [0.4, 0.5) is 0 Å². The predicted molar refractivity (Wildman–Crippen MR) is 304 cm³/mol. The molecule has 0 aliphatic heterocycles. The van der Waals surface area contributed by atoms with Crippen LogP contribution >= 0.6 is 0 Å². The van der Waals surface area contributed by atoms with Crippen molar-refractivity contribution in [3.8, 4) is 66.8 Å². The van der Waals surface area contributed by atoms with Gasteiger partial charge in [-0.15, -0.1) is 0 Å². The minimum Gasteiger partial charge on any atom is -0.0656 e. The van der Waals surface area contributed by atoms with E-state index in [1.54, 1.807) is 0 Å². The van der Waals surface area contributed by atoms with Crippen LogP contribution in [0.2, 0.25) is 39.3 Å². The molecule has 0 spiro atoms. The molecule has 0 aliphatic carbocycles. The standard InChI is InChI=1S/C66H54Si2/c1-67(2,3)63-39-37-51(49-29-17-19-31-53(49)63)61-41-59(47-27-15-13-25-45(47)43-21-9-7-10-22-43)55-34-36-58-62(52-38-40-64(68(4,5)6)54-32-20-18-30-50(52)54)42-60(56-33-35-57(61)65(55)66(56)58)48-28-16-14-26-46(48)44-23-11-8-12-24-44/h7-42H,1-6H3. The smallest absolute Gasteiger partial charge is 0.0656 e. The lowest BCUT2D eigenvalue weighted by Crippen LogP contribution is -2.38. The Labute approximate surface area is 402 Å². The lowest BCUT2D eigenvalue weighted by Gasteiger charge is -2.25. The minimum atomic E-state index is -1.67. The summed E-state index contributed by atoms with van der Waals surface area (Å²) in [6.45, 7) is 14.8. The van der Waals surface area contributed by atoms with Crippen LogP contribution in [0, 0.1) is 0 Å². The van der Waals surface area contributed by atoms with E-state index in [-0.39, 0.29) is 0 Å². The first-order valence-electron chi connectivity index (χ1n) is 24.2. The molecular weight excluding hydrogens is 849 g/mol. The lowest BCUT2D eigenvalue weighted by molar-refractivity contribution is 1.59. The largest absolute Gasteiger partial charge is 0.0784 e. The molecule has 0 fully saturated rings. The maximum absolute atomic E-state index is 2.52. The average Bonchev–Trinajstić information content (AvgIpc) is 3.37. The Morgan fingerprint density at radius 2 is 0.500 bits per heavy atom. The average molecular weight is 903 g/mol. The van der Waals surface area contributed by atoms with E-state index in [2.05, 4.69) is 258 Å². The Morgan fingerprint density at radius 3 is 0.853 bits per heavy atom. The molecule has 0 aromatic heterocycles. The fourth-order valence-corrected chi connectivity index (χ4v) is 14.7. The third kappa shape index (κ3) is 6.85. The summed E-state index contributed by atoms with van der Waals surface area (Å²) in [5.41, 5.74) is 15.0. The highest BCUT2D eigenvalue weighted by Gasteiger charge is 2.27. The van der Waals surface area contributed by atoms with E-state index in [0.29, 0.717) is 0 Å². The van der Waals surface area contributed by atoms with Crippen LogP contribution in [0.3, 0.4) is 0 Å². The van der Waals surface area contributed by atoms with E-state index in [9.17, 15) is 0 Å². The summed E-state index contributed by atoms with van der Waals surface area (Å²) in [5.74, 6) is 0. The molecular formula is C66H54Si2. The van der Waals surface area contributed by atoms with Gasteiger partial charge in [0.05, 0.1) is 16.1 Å². The van der Waals surface area contributed by atoms with Gasteiger partial charge in [-0.3, -0.25) is 0 Å². The minimum absolute atomic E-state index is 1.22. The van der Waals surface area contributed by atoms with Gasteiger partial charge in [-0.1, -0.05) is 256 Å². The van der Waals surface area contributed by atoms with Crippen molar-refractivity contribution in [1.29, 1.82) is 0 Å². The van der Waals surface area contributed by atoms with Crippen molar-refractivity contribution in [1.82, 2.24) is 0 Å². The molecule has 0 saturated heterocycles. The molecule has 0 radical (unpaired) electrons. The second-order valence-electron chi connectivity index (χ2n) is 20.8. The van der Waals surface area contributed by atoms with Crippen LogP contribution in [-0.2, 0) is 0 Å². The van der Waals surface area contributed by atoms with Gasteiger partial charge in [0.15, 0.2) is 0 Å². The Kier molecular flexibility index (Phi) is 9.99. The van der Waals surface area contributed by atoms with Gasteiger partial charge in [0.25, 0.3) is 0 Å². The molecule has 0 unspecified atom stereocenters. The summed E-state index contributed by atoms with van der Waals surface area (Å²) in [7, 11) is -3.35. The van der Waals surface area contributed by atoms with Crippen molar-refractivity contribution in [2.45, 2.75) is 39.3 Å². The van der Waals surface area contributed by atoms with Gasteiger partial charge in [0, 0.05) is 0 Å². The highest BCUT2D eigenvalue weighted by molar-refractivity contribution is 6.91. The first-order valence-corrected chi connectivity index (χ1v) is 31.2. The quantitative estimate of drug-likeness (QED) is 0.105. The molecule has 12 aromatic rings. The first kappa shape index (κ1) is 42.0. The molecule has 68 heavy (non-hydrogen) atoms. The van der Waals surface area contributed by atoms with E-state index in [0.717, 1.165) is 0 Å². The van der Waals surface area contributed by atoms with E-state index in [1.165, 1.54) is 131 Å². The number of rotatable bonds is 8. The Hall–Kier alpha value is -7.37. The summed E-state index contributed by atoms with van der Waals surface area (Å²) >= 11 is 0. The summed E-state index contributed by atoms with van der Waals surface area (Å²) in [6, 6.07) is 82.8. The topological polar surface area (TPSA) is 0 Å². The molecule has 12 aromatic carbocycles. The van der Waals surface area contributed by atoms with Gasteiger partial charge in [0.1, 0.15) is 0 Å². The zero-order chi connectivity index (χ0) is 46.3. The monoisotopic (exact) mass is 902 g/mol. The molecule has 2 heteroatoms. The van der Waals surface area contributed by atoms with Crippen LogP contribution in [0.15, 0.2) is 218 Å². The van der Waals surface area contributed by atoms with E-state index in [1.807, 2.05) is 0 Å². The van der Waals surface area contributed by atoms with Gasteiger partial charge in [-0.05, 0) is 133 Å². The second kappa shape index (κ2) is 16.2. The zero-order valence-electron chi connectivity index (χ0n) is 39.8. The Morgan fingerprint density at radius 1 is 0.206 bits per heavy atom. The van der Waals surface area contributed by atoms with E-state index in [4.69, 9.17) is 0 Å². The van der Waals surface area contributed by atoms with Crippen LogP contribution < -0.4 is 10.4 Å². The molecule has 0 amide bonds. The van der Waals surface area contributed by atoms with Gasteiger partial charge in [-0.2, -0.15) is 0 Å². The molecule has 0 heterocycles. The maximum atomic E-state index is 2.52. The number of fused-ring (bicyclic) bond motifs is 2. The van der Waals surface area contributed by atoms with Crippen molar-refractivity contribution in [3.05, 3.63) is 218 Å².